The molecular formula is C9H12N2S. The molecule has 0 aliphatic heterocycles. The predicted octanol–water partition coefficient (Wildman–Crippen LogP) is 2.55. The fourth-order valence-electron chi connectivity index (χ4n) is 0.856. The largest absolute Gasteiger partial charge is 0.360 e. The van der Waals surface area contributed by atoms with Crippen molar-refractivity contribution in [3.63, 3.8) is 0 Å². The fraction of sp³-hybridized carbons (Fsp3) is 0.222. The minimum absolute atomic E-state index is 1.01. The molecule has 0 fully saturated rings. The molecule has 0 radical (unpaired) electrons. The van der Waals surface area contributed by atoms with Gasteiger partial charge in [0, 0.05) is 11.1 Å². The Kier molecular flexibility index (Phi) is 3.05. The van der Waals surface area contributed by atoms with Crippen LogP contribution in [0.2, 0.25) is 0 Å². The van der Waals surface area contributed by atoms with Gasteiger partial charge in [-0.2, -0.15) is 0 Å². The van der Waals surface area contributed by atoms with Crippen molar-refractivity contribution >= 4 is 17.0 Å². The minimum atomic E-state index is 1.01. The summed E-state index contributed by atoms with van der Waals surface area (Å²) in [6.45, 7) is 7.57. The van der Waals surface area contributed by atoms with Crippen molar-refractivity contribution in [2.45, 2.75) is 13.8 Å². The molecule has 1 N–H and O–H groups in total. The van der Waals surface area contributed by atoms with Gasteiger partial charge < -0.3 is 5.32 Å². The molecule has 1 aromatic heterocycles. The Morgan fingerprint density at radius 1 is 1.75 bits per heavy atom. The van der Waals surface area contributed by atoms with Crippen molar-refractivity contribution < 1.29 is 0 Å². The van der Waals surface area contributed by atoms with Gasteiger partial charge in [0.1, 0.15) is 5.01 Å². The van der Waals surface area contributed by atoms with Crippen molar-refractivity contribution in [3.05, 3.63) is 34.9 Å². The van der Waals surface area contributed by atoms with Crippen LogP contribution in [-0.2, 0) is 0 Å². The van der Waals surface area contributed by atoms with Crippen LogP contribution in [0.1, 0.15) is 17.6 Å². The van der Waals surface area contributed by atoms with E-state index in [0.29, 0.717) is 0 Å². The fourth-order valence-corrected chi connectivity index (χ4v) is 1.69. The normalized spacial score (nSPS) is 11.3. The molecular weight excluding hydrogens is 168 g/mol. The molecule has 0 spiro atoms. The monoisotopic (exact) mass is 180 g/mol. The average molecular weight is 180 g/mol. The maximum absolute atomic E-state index is 4.34. The summed E-state index contributed by atoms with van der Waals surface area (Å²) in [6.07, 6.45) is 3.64. The third kappa shape index (κ3) is 1.95. The molecule has 0 aromatic carbocycles. The Morgan fingerprint density at radius 2 is 2.50 bits per heavy atom. The van der Waals surface area contributed by atoms with E-state index in [-0.39, 0.29) is 0 Å². The molecule has 1 rings (SSSR count). The van der Waals surface area contributed by atoms with Crippen LogP contribution in [0.5, 0.6) is 0 Å². The molecule has 3 heteroatoms. The van der Waals surface area contributed by atoms with Crippen molar-refractivity contribution in [2.24, 2.45) is 0 Å². The average Bonchev–Trinajstić information content (AvgIpc) is 2.47. The molecule has 0 amide bonds. The molecule has 1 aromatic rings. The van der Waals surface area contributed by atoms with Crippen LogP contribution in [0.3, 0.4) is 0 Å². The van der Waals surface area contributed by atoms with Gasteiger partial charge in [-0.15, -0.1) is 11.3 Å². The standard InChI is InChI=1S/C9H12N2S/c1-4-8(10-5-2)9-11-7(3)6-12-9/h4-6,10H,2H2,1,3H3/b8-4-. The maximum atomic E-state index is 4.34. The Hall–Kier alpha value is -1.09. The molecule has 0 bridgehead atoms. The van der Waals surface area contributed by atoms with Crippen molar-refractivity contribution in [3.8, 4) is 0 Å². The number of hydrogen-bond donors (Lipinski definition) is 1. The quantitative estimate of drug-likeness (QED) is 0.773. The Bertz CT molecular complexity index is 299. The molecule has 0 atom stereocenters. The third-order valence-corrected chi connectivity index (χ3v) is 2.39. The molecule has 64 valence electrons. The van der Waals surface area contributed by atoms with Gasteiger partial charge in [0.25, 0.3) is 0 Å². The van der Waals surface area contributed by atoms with Crippen LogP contribution < -0.4 is 5.32 Å². The second kappa shape index (κ2) is 4.07. The van der Waals surface area contributed by atoms with Crippen LogP contribution >= 0.6 is 11.3 Å². The highest BCUT2D eigenvalue weighted by Gasteiger charge is 2.01. The minimum Gasteiger partial charge on any atom is -0.360 e. The summed E-state index contributed by atoms with van der Waals surface area (Å²) in [6, 6.07) is 0. The van der Waals surface area contributed by atoms with E-state index in [1.165, 1.54) is 0 Å². The Morgan fingerprint density at radius 3 is 2.92 bits per heavy atom. The molecule has 12 heavy (non-hydrogen) atoms. The summed E-state index contributed by atoms with van der Waals surface area (Å²) in [4.78, 5) is 4.34. The first kappa shape index (κ1) is 9.00. The SMILES string of the molecule is C=CN/C(=C\C)c1nc(C)cs1. The molecule has 0 saturated carbocycles. The van der Waals surface area contributed by atoms with Crippen LogP contribution in [-0.4, -0.2) is 4.98 Å². The Labute approximate surface area is 76.7 Å². The van der Waals surface area contributed by atoms with Crippen LogP contribution in [0.25, 0.3) is 5.70 Å². The lowest BCUT2D eigenvalue weighted by molar-refractivity contribution is 1.16. The number of allylic oxidation sites excluding steroid dienone is 1. The zero-order valence-corrected chi connectivity index (χ0v) is 8.11. The maximum Gasteiger partial charge on any atom is 0.139 e. The molecule has 0 unspecified atom stereocenters. The summed E-state index contributed by atoms with van der Waals surface area (Å²) in [5, 5.41) is 6.08. The van der Waals surface area contributed by atoms with Crippen LogP contribution in [0.4, 0.5) is 0 Å². The smallest absolute Gasteiger partial charge is 0.139 e. The first-order chi connectivity index (χ1) is 5.77. The van der Waals surface area contributed by atoms with E-state index in [1.54, 1.807) is 17.5 Å². The lowest BCUT2D eigenvalue weighted by atomic mass is 10.4. The lowest BCUT2D eigenvalue weighted by Gasteiger charge is -2.00. The second-order valence-electron chi connectivity index (χ2n) is 2.34. The van der Waals surface area contributed by atoms with Crippen LogP contribution in [0.15, 0.2) is 24.2 Å². The van der Waals surface area contributed by atoms with Gasteiger partial charge in [0.05, 0.1) is 5.70 Å². The second-order valence-corrected chi connectivity index (χ2v) is 3.20. The van der Waals surface area contributed by atoms with E-state index in [4.69, 9.17) is 0 Å². The number of nitrogens with zero attached hydrogens (tertiary/aromatic N) is 1. The Balaban J connectivity index is 2.87. The van der Waals surface area contributed by atoms with Crippen LogP contribution in [0, 0.1) is 6.92 Å². The van der Waals surface area contributed by atoms with E-state index >= 15 is 0 Å². The van der Waals surface area contributed by atoms with Gasteiger partial charge in [0.15, 0.2) is 0 Å². The van der Waals surface area contributed by atoms with E-state index in [9.17, 15) is 0 Å². The number of rotatable bonds is 3. The van der Waals surface area contributed by atoms with E-state index in [0.717, 1.165) is 16.4 Å². The zero-order chi connectivity index (χ0) is 8.97. The number of aryl methyl sites for hydroxylation is 1. The third-order valence-electron chi connectivity index (χ3n) is 1.40. The van der Waals surface area contributed by atoms with Gasteiger partial charge in [-0.05, 0) is 20.0 Å². The highest BCUT2D eigenvalue weighted by Crippen LogP contribution is 2.16. The van der Waals surface area contributed by atoms with E-state index in [2.05, 4.69) is 16.9 Å². The number of thiazole rings is 1. The topological polar surface area (TPSA) is 24.9 Å². The van der Waals surface area contributed by atoms with Gasteiger partial charge in [0.2, 0.25) is 0 Å². The van der Waals surface area contributed by atoms with Crippen molar-refractivity contribution in [1.82, 2.24) is 10.3 Å². The summed E-state index contributed by atoms with van der Waals surface area (Å²) < 4.78 is 0. The van der Waals surface area contributed by atoms with Gasteiger partial charge in [-0.3, -0.25) is 0 Å². The molecule has 1 heterocycles. The summed E-state index contributed by atoms with van der Waals surface area (Å²) in [5.74, 6) is 0. The number of hydrogen-bond acceptors (Lipinski definition) is 3. The molecule has 0 saturated heterocycles. The van der Waals surface area contributed by atoms with Gasteiger partial charge >= 0.3 is 0 Å². The number of nitrogens with one attached hydrogen (secondary N) is 1. The highest BCUT2D eigenvalue weighted by molar-refractivity contribution is 7.10. The van der Waals surface area contributed by atoms with Crippen molar-refractivity contribution in [1.29, 1.82) is 0 Å². The van der Waals surface area contributed by atoms with Gasteiger partial charge in [-0.25, -0.2) is 4.98 Å². The van der Waals surface area contributed by atoms with E-state index in [1.807, 2.05) is 25.3 Å². The zero-order valence-electron chi connectivity index (χ0n) is 7.29. The molecule has 0 aliphatic carbocycles. The molecule has 0 aliphatic rings. The number of aromatic nitrogens is 1. The summed E-state index contributed by atoms with van der Waals surface area (Å²) in [5.41, 5.74) is 2.07. The first-order valence-corrected chi connectivity index (χ1v) is 4.62. The summed E-state index contributed by atoms with van der Waals surface area (Å²) >= 11 is 1.63. The first-order valence-electron chi connectivity index (χ1n) is 3.74. The summed E-state index contributed by atoms with van der Waals surface area (Å²) in [7, 11) is 0. The van der Waals surface area contributed by atoms with Gasteiger partial charge in [-0.1, -0.05) is 12.7 Å². The highest BCUT2D eigenvalue weighted by atomic mass is 32.1. The molecule has 2 nitrogen and oxygen atoms in total. The lowest BCUT2D eigenvalue weighted by Crippen LogP contribution is -2.01. The van der Waals surface area contributed by atoms with Crippen molar-refractivity contribution in [2.75, 3.05) is 0 Å². The predicted molar refractivity (Wildman–Crippen MR) is 53.8 cm³/mol. The van der Waals surface area contributed by atoms with E-state index < -0.39 is 0 Å².